The summed E-state index contributed by atoms with van der Waals surface area (Å²) < 4.78 is 5.09. The molecule has 4 aromatic rings. The third kappa shape index (κ3) is 5.33. The number of rotatable bonds is 3. The molecule has 0 saturated carbocycles. The molecule has 0 saturated heterocycles. The second kappa shape index (κ2) is 10.2. The van der Waals surface area contributed by atoms with Crippen molar-refractivity contribution in [2.45, 2.75) is 0 Å². The Balaban J connectivity index is 0.000000351. The van der Waals surface area contributed by atoms with Crippen molar-refractivity contribution < 1.29 is 21.2 Å². The van der Waals surface area contributed by atoms with E-state index in [1.165, 1.54) is 0 Å². The molecule has 26 heavy (non-hydrogen) atoms. The van der Waals surface area contributed by atoms with E-state index in [0.717, 1.165) is 22.2 Å². The van der Waals surface area contributed by atoms with Crippen LogP contribution in [0.3, 0.4) is 0 Å². The molecule has 4 rings (SSSR count). The van der Waals surface area contributed by atoms with Gasteiger partial charge in [0, 0.05) is 27.6 Å². The van der Waals surface area contributed by atoms with Crippen molar-refractivity contribution in [3.63, 3.8) is 0 Å². The Kier molecular flexibility index (Phi) is 7.66. The number of azo groups is 1. The van der Waals surface area contributed by atoms with Crippen LogP contribution >= 0.6 is 0 Å². The first-order valence-electron chi connectivity index (χ1n) is 7.99. The van der Waals surface area contributed by atoms with Crippen molar-refractivity contribution in [1.82, 2.24) is 0 Å². The second-order valence-corrected chi connectivity index (χ2v) is 5.27. The number of hydrogen-bond acceptors (Lipinski definition) is 3. The SMILES string of the molecule is COc1c[c-]c(N=Nc2cccc3ccccc23)cc1.[Ni].c1cc[cH-]c1. The summed E-state index contributed by atoms with van der Waals surface area (Å²) in [6.07, 6.45) is 0. The van der Waals surface area contributed by atoms with Crippen LogP contribution in [0.25, 0.3) is 10.8 Å². The molecule has 0 atom stereocenters. The largest absolute Gasteiger partial charge is 0.554 e. The standard InChI is InChI=1S/C17H13N2O.C5H5.Ni/c1-20-15-11-9-14(10-12-15)18-19-17-8-4-6-13-5-2-3-7-16(13)17;1-2-4-5-3-1;/h2-9,11-12H,1H3;1-5H;/q2*-1;. The third-order valence-electron chi connectivity index (χ3n) is 3.59. The molecule has 0 N–H and O–H groups in total. The van der Waals surface area contributed by atoms with Gasteiger partial charge in [-0.3, -0.25) is 0 Å². The van der Waals surface area contributed by atoms with Gasteiger partial charge in [-0.15, -0.1) is 18.2 Å². The van der Waals surface area contributed by atoms with Gasteiger partial charge in [-0.25, -0.2) is 12.1 Å². The summed E-state index contributed by atoms with van der Waals surface area (Å²) in [5, 5.41) is 10.8. The summed E-state index contributed by atoms with van der Waals surface area (Å²) in [6, 6.07) is 32.6. The molecule has 3 nitrogen and oxygen atoms in total. The number of ether oxygens (including phenoxy) is 1. The van der Waals surface area contributed by atoms with E-state index in [4.69, 9.17) is 4.74 Å². The van der Waals surface area contributed by atoms with E-state index in [9.17, 15) is 0 Å². The number of hydrogen-bond donors (Lipinski definition) is 0. The molecule has 0 aliphatic rings. The van der Waals surface area contributed by atoms with E-state index < -0.39 is 0 Å². The first kappa shape index (κ1) is 19.5. The summed E-state index contributed by atoms with van der Waals surface area (Å²) in [7, 11) is 1.63. The molecule has 0 fully saturated rings. The molecule has 0 amide bonds. The molecule has 0 aliphatic heterocycles. The second-order valence-electron chi connectivity index (χ2n) is 5.27. The van der Waals surface area contributed by atoms with Crippen LogP contribution in [0.5, 0.6) is 5.75 Å². The first-order valence-corrected chi connectivity index (χ1v) is 7.99. The van der Waals surface area contributed by atoms with Gasteiger partial charge in [-0.05, 0) is 17.1 Å². The number of benzene rings is 3. The number of fused-ring (bicyclic) bond motifs is 1. The molecule has 0 aliphatic carbocycles. The molecule has 4 heteroatoms. The Bertz CT molecular complexity index is 909. The van der Waals surface area contributed by atoms with E-state index in [0.29, 0.717) is 5.69 Å². The third-order valence-corrected chi connectivity index (χ3v) is 3.59. The fraction of sp³-hybridized carbons (Fsp3) is 0.0455. The van der Waals surface area contributed by atoms with E-state index >= 15 is 0 Å². The Morgan fingerprint density at radius 3 is 2.27 bits per heavy atom. The van der Waals surface area contributed by atoms with Crippen molar-refractivity contribution in [3.05, 3.63) is 97.1 Å². The van der Waals surface area contributed by atoms with E-state index in [1.54, 1.807) is 13.2 Å². The molecule has 0 spiro atoms. The van der Waals surface area contributed by atoms with Crippen molar-refractivity contribution in [2.24, 2.45) is 10.2 Å². The predicted molar refractivity (Wildman–Crippen MR) is 102 cm³/mol. The molecule has 0 unspecified atom stereocenters. The topological polar surface area (TPSA) is 34.0 Å². The molecule has 0 radical (unpaired) electrons. The van der Waals surface area contributed by atoms with Crippen LogP contribution in [0.2, 0.25) is 0 Å². The van der Waals surface area contributed by atoms with Crippen LogP contribution in [0.1, 0.15) is 0 Å². The zero-order valence-electron chi connectivity index (χ0n) is 14.3. The fourth-order valence-corrected chi connectivity index (χ4v) is 2.32. The zero-order chi connectivity index (χ0) is 17.3. The Morgan fingerprint density at radius 2 is 1.62 bits per heavy atom. The van der Waals surface area contributed by atoms with Gasteiger partial charge in [-0.2, -0.15) is 34.5 Å². The summed E-state index contributed by atoms with van der Waals surface area (Å²) >= 11 is 0. The van der Waals surface area contributed by atoms with Crippen LogP contribution < -0.4 is 4.74 Å². The van der Waals surface area contributed by atoms with Gasteiger partial charge in [0.15, 0.2) is 0 Å². The summed E-state index contributed by atoms with van der Waals surface area (Å²) in [5.41, 5.74) is 1.53. The smallest absolute Gasteiger partial charge is 0.0934 e. The molecular weight excluding hydrogens is 367 g/mol. The van der Waals surface area contributed by atoms with Gasteiger partial charge in [0.05, 0.1) is 12.8 Å². The summed E-state index contributed by atoms with van der Waals surface area (Å²) in [5.74, 6) is 0.758. The Labute approximate surface area is 163 Å². The molecule has 4 aromatic carbocycles. The minimum absolute atomic E-state index is 0. The number of nitrogens with zero attached hydrogens (tertiary/aromatic N) is 2. The Morgan fingerprint density at radius 1 is 0.846 bits per heavy atom. The van der Waals surface area contributed by atoms with Gasteiger partial charge in [-0.1, -0.05) is 36.4 Å². The van der Waals surface area contributed by atoms with E-state index in [1.807, 2.05) is 72.8 Å². The van der Waals surface area contributed by atoms with Gasteiger partial charge in [0.25, 0.3) is 0 Å². The van der Waals surface area contributed by atoms with E-state index in [-0.39, 0.29) is 16.5 Å². The van der Waals surface area contributed by atoms with Gasteiger partial charge in [0.2, 0.25) is 0 Å². The van der Waals surface area contributed by atoms with Crippen LogP contribution in [0.4, 0.5) is 11.4 Å². The van der Waals surface area contributed by atoms with Gasteiger partial charge < -0.3 is 4.74 Å². The van der Waals surface area contributed by atoms with Crippen LogP contribution in [-0.4, -0.2) is 7.11 Å². The molecule has 134 valence electrons. The van der Waals surface area contributed by atoms with Crippen LogP contribution in [-0.2, 0) is 16.5 Å². The van der Waals surface area contributed by atoms with Crippen molar-refractivity contribution >= 4 is 22.1 Å². The summed E-state index contributed by atoms with van der Waals surface area (Å²) in [4.78, 5) is 0. The zero-order valence-corrected chi connectivity index (χ0v) is 15.3. The summed E-state index contributed by atoms with van der Waals surface area (Å²) in [6.45, 7) is 0. The average molecular weight is 385 g/mol. The predicted octanol–water partition coefficient (Wildman–Crippen LogP) is 6.47. The van der Waals surface area contributed by atoms with Crippen molar-refractivity contribution in [2.75, 3.05) is 7.11 Å². The fourth-order valence-electron chi connectivity index (χ4n) is 2.32. The van der Waals surface area contributed by atoms with Crippen molar-refractivity contribution in [1.29, 1.82) is 0 Å². The molecular formula is C22H18N2NiO-2. The Hall–Kier alpha value is -2.84. The van der Waals surface area contributed by atoms with Gasteiger partial charge >= 0.3 is 0 Å². The average Bonchev–Trinajstić information content (AvgIpc) is 3.27. The van der Waals surface area contributed by atoms with E-state index in [2.05, 4.69) is 28.4 Å². The minimum Gasteiger partial charge on any atom is -0.554 e. The monoisotopic (exact) mass is 384 g/mol. The maximum absolute atomic E-state index is 5.09. The van der Waals surface area contributed by atoms with Gasteiger partial charge in [0.1, 0.15) is 0 Å². The van der Waals surface area contributed by atoms with Crippen LogP contribution in [0.15, 0.2) is 101 Å². The van der Waals surface area contributed by atoms with Crippen molar-refractivity contribution in [3.8, 4) is 5.75 Å². The molecule has 0 bridgehead atoms. The maximum Gasteiger partial charge on any atom is 0.0934 e. The maximum atomic E-state index is 5.09. The van der Waals surface area contributed by atoms with Crippen LogP contribution in [0, 0.1) is 6.07 Å². The first-order chi connectivity index (χ1) is 12.4. The normalized spacial score (nSPS) is 10.0. The number of methoxy groups -OCH3 is 1. The minimum atomic E-state index is 0. The quantitative estimate of drug-likeness (QED) is 0.226. The molecule has 0 heterocycles. The molecule has 0 aromatic heterocycles.